The maximum Gasteiger partial charge on any atom is 0.500 e. The van der Waals surface area contributed by atoms with E-state index < -0.39 is 18.3 Å². The van der Waals surface area contributed by atoms with E-state index in [1.54, 1.807) is 21.3 Å². The summed E-state index contributed by atoms with van der Waals surface area (Å²) in [5.41, 5.74) is 0. The van der Waals surface area contributed by atoms with Crippen LogP contribution in [-0.2, 0) is 26.6 Å². The van der Waals surface area contributed by atoms with Gasteiger partial charge in [0.2, 0.25) is 0 Å². The van der Waals surface area contributed by atoms with E-state index in [-0.39, 0.29) is 0 Å². The molecule has 0 radical (unpaired) electrons. The van der Waals surface area contributed by atoms with E-state index in [0.717, 1.165) is 12.5 Å². The second kappa shape index (κ2) is 20.5. The molecule has 0 aromatic carbocycles. The monoisotopic (exact) mass is 398 g/mol. The van der Waals surface area contributed by atoms with Crippen molar-refractivity contribution in [1.29, 1.82) is 0 Å². The first-order valence-corrected chi connectivity index (χ1v) is 12.9. The largest absolute Gasteiger partial charge is 0.500 e. The Morgan fingerprint density at radius 3 is 1.32 bits per heavy atom. The highest BCUT2D eigenvalue weighted by atomic mass is 28.4. The topological polar surface area (TPSA) is 55.4 Å². The van der Waals surface area contributed by atoms with Crippen molar-refractivity contribution in [1.82, 2.24) is 0 Å². The van der Waals surface area contributed by atoms with E-state index in [2.05, 4.69) is 6.92 Å². The van der Waals surface area contributed by atoms with Crippen LogP contribution in [0.15, 0.2) is 0 Å². The molecule has 0 aliphatic heterocycles. The molecule has 0 aliphatic carbocycles. The lowest BCUT2D eigenvalue weighted by Gasteiger charge is -2.28. The Morgan fingerprint density at radius 2 is 1.00 bits per heavy atom. The van der Waals surface area contributed by atoms with E-state index in [1.165, 1.54) is 32.1 Å². The van der Waals surface area contributed by atoms with Gasteiger partial charge in [-0.25, -0.2) is 0 Å². The Bertz CT molecular complexity index is 233. The third-order valence-electron chi connectivity index (χ3n) is 3.51. The SMILES string of the molecule is CCCCCCCC[Si](OCC)(OCC)OCC.CO[SiH](OC)OC. The second-order valence-electron chi connectivity index (χ2n) is 5.50. The molecule has 0 saturated carbocycles. The van der Waals surface area contributed by atoms with Crippen molar-refractivity contribution >= 4 is 18.3 Å². The summed E-state index contributed by atoms with van der Waals surface area (Å²) in [6, 6.07) is 0.967. The first kappa shape index (κ1) is 27.4. The van der Waals surface area contributed by atoms with E-state index in [0.29, 0.717) is 19.8 Å². The van der Waals surface area contributed by atoms with Gasteiger partial charge in [0.05, 0.1) is 0 Å². The van der Waals surface area contributed by atoms with Gasteiger partial charge >= 0.3 is 18.3 Å². The number of hydrogen-bond donors (Lipinski definition) is 0. The predicted octanol–water partition coefficient (Wildman–Crippen LogP) is 4.04. The minimum absolute atomic E-state index is 0.683. The molecule has 0 fully saturated rings. The molecule has 154 valence electrons. The molecular formula is C17H42O6Si2. The summed E-state index contributed by atoms with van der Waals surface area (Å²) in [4.78, 5) is 0. The van der Waals surface area contributed by atoms with Gasteiger partial charge in [-0.05, 0) is 27.2 Å². The van der Waals surface area contributed by atoms with Gasteiger partial charge in [0.1, 0.15) is 0 Å². The van der Waals surface area contributed by atoms with Crippen molar-refractivity contribution < 1.29 is 26.6 Å². The first-order chi connectivity index (χ1) is 12.1. The molecule has 0 spiro atoms. The fourth-order valence-electron chi connectivity index (χ4n) is 2.41. The van der Waals surface area contributed by atoms with Crippen LogP contribution >= 0.6 is 0 Å². The molecule has 0 amide bonds. The molecule has 0 aliphatic rings. The number of rotatable bonds is 16. The fraction of sp³-hybridized carbons (Fsp3) is 1.00. The van der Waals surface area contributed by atoms with Gasteiger partial charge in [-0.2, -0.15) is 0 Å². The zero-order chi connectivity index (χ0) is 19.4. The molecular weight excluding hydrogens is 356 g/mol. The average molecular weight is 399 g/mol. The van der Waals surface area contributed by atoms with Gasteiger partial charge in [-0.15, -0.1) is 0 Å². The summed E-state index contributed by atoms with van der Waals surface area (Å²) < 4.78 is 31.7. The van der Waals surface area contributed by atoms with Crippen molar-refractivity contribution in [3.8, 4) is 0 Å². The van der Waals surface area contributed by atoms with Crippen LogP contribution in [0.5, 0.6) is 0 Å². The minimum Gasteiger partial charge on any atom is -0.379 e. The van der Waals surface area contributed by atoms with E-state index in [4.69, 9.17) is 26.6 Å². The Morgan fingerprint density at radius 1 is 0.600 bits per heavy atom. The Balaban J connectivity index is 0. The van der Waals surface area contributed by atoms with Crippen LogP contribution in [0.3, 0.4) is 0 Å². The second-order valence-corrected chi connectivity index (χ2v) is 10.2. The van der Waals surface area contributed by atoms with E-state index in [9.17, 15) is 0 Å². The lowest BCUT2D eigenvalue weighted by Crippen LogP contribution is -2.45. The van der Waals surface area contributed by atoms with Crippen molar-refractivity contribution in [2.24, 2.45) is 0 Å². The summed E-state index contributed by atoms with van der Waals surface area (Å²) in [6.07, 6.45) is 7.75. The normalized spacial score (nSPS) is 11.5. The van der Waals surface area contributed by atoms with Crippen LogP contribution < -0.4 is 0 Å². The lowest BCUT2D eigenvalue weighted by molar-refractivity contribution is 0.0706. The molecule has 25 heavy (non-hydrogen) atoms. The van der Waals surface area contributed by atoms with Crippen LogP contribution in [0.25, 0.3) is 0 Å². The molecule has 0 rings (SSSR count). The van der Waals surface area contributed by atoms with Gasteiger partial charge in [0.15, 0.2) is 0 Å². The van der Waals surface area contributed by atoms with Gasteiger partial charge in [-0.3, -0.25) is 0 Å². The highest BCUT2D eigenvalue weighted by Crippen LogP contribution is 2.20. The summed E-state index contributed by atoms with van der Waals surface area (Å²) in [7, 11) is 0.685. The van der Waals surface area contributed by atoms with Crippen molar-refractivity contribution in [2.75, 3.05) is 41.2 Å². The average Bonchev–Trinajstić information content (AvgIpc) is 2.61. The zero-order valence-corrected chi connectivity index (χ0v) is 19.8. The summed E-state index contributed by atoms with van der Waals surface area (Å²) in [5, 5.41) is 0. The van der Waals surface area contributed by atoms with Crippen LogP contribution in [0.4, 0.5) is 0 Å². The van der Waals surface area contributed by atoms with E-state index in [1.807, 2.05) is 20.8 Å². The summed E-state index contributed by atoms with van der Waals surface area (Å²) >= 11 is 0. The van der Waals surface area contributed by atoms with E-state index >= 15 is 0 Å². The molecule has 0 aromatic heterocycles. The molecule has 0 unspecified atom stereocenters. The van der Waals surface area contributed by atoms with Crippen LogP contribution in [0, 0.1) is 0 Å². The maximum atomic E-state index is 5.83. The maximum absolute atomic E-state index is 5.83. The fourth-order valence-corrected chi connectivity index (χ4v) is 5.67. The van der Waals surface area contributed by atoms with Crippen molar-refractivity contribution in [3.05, 3.63) is 0 Å². The van der Waals surface area contributed by atoms with Gasteiger partial charge in [0, 0.05) is 47.2 Å². The standard InChI is InChI=1S/C14H32O3Si.C3H10O3Si/c1-5-9-10-11-12-13-14-18(15-6-2,16-7-3)17-8-4;1-4-7(5-2)6-3/h5-14H2,1-4H3;7H,1-3H3. The quantitative estimate of drug-likeness (QED) is 0.289. The third kappa shape index (κ3) is 16.1. The molecule has 0 aromatic rings. The van der Waals surface area contributed by atoms with Crippen LogP contribution in [0.1, 0.15) is 66.2 Å². The molecule has 0 heterocycles. The molecule has 0 atom stereocenters. The highest BCUT2D eigenvalue weighted by molar-refractivity contribution is 6.60. The molecule has 8 heteroatoms. The Kier molecular flexibility index (Phi) is 22.5. The van der Waals surface area contributed by atoms with Crippen LogP contribution in [0.2, 0.25) is 6.04 Å². The number of unbranched alkanes of at least 4 members (excludes halogenated alkanes) is 5. The zero-order valence-electron chi connectivity index (χ0n) is 17.6. The highest BCUT2D eigenvalue weighted by Gasteiger charge is 2.39. The first-order valence-electron chi connectivity index (χ1n) is 9.59. The Labute approximate surface area is 158 Å². The molecule has 6 nitrogen and oxygen atoms in total. The molecule has 0 bridgehead atoms. The Hall–Kier alpha value is 0.194. The smallest absolute Gasteiger partial charge is 0.379 e. The third-order valence-corrected chi connectivity index (χ3v) is 7.81. The molecule has 0 N–H and O–H groups in total. The van der Waals surface area contributed by atoms with Gasteiger partial charge in [0.25, 0.3) is 0 Å². The summed E-state index contributed by atoms with van der Waals surface area (Å²) in [6.45, 7) is 10.3. The van der Waals surface area contributed by atoms with Gasteiger partial charge in [-0.1, -0.05) is 39.0 Å². The lowest BCUT2D eigenvalue weighted by atomic mass is 10.1. The van der Waals surface area contributed by atoms with Crippen molar-refractivity contribution in [3.63, 3.8) is 0 Å². The predicted molar refractivity (Wildman–Crippen MR) is 107 cm³/mol. The minimum atomic E-state index is -2.36. The summed E-state index contributed by atoms with van der Waals surface area (Å²) in [5.74, 6) is 0. The van der Waals surface area contributed by atoms with Crippen molar-refractivity contribution in [2.45, 2.75) is 72.3 Å². The molecule has 0 saturated heterocycles. The van der Waals surface area contributed by atoms with Gasteiger partial charge < -0.3 is 26.6 Å². The number of hydrogen-bond acceptors (Lipinski definition) is 6. The van der Waals surface area contributed by atoms with Crippen LogP contribution in [-0.4, -0.2) is 59.5 Å².